The van der Waals surface area contributed by atoms with Gasteiger partial charge in [0, 0.05) is 24.7 Å². The first-order valence-corrected chi connectivity index (χ1v) is 7.16. The molecule has 1 amide bonds. The summed E-state index contributed by atoms with van der Waals surface area (Å²) in [5.41, 5.74) is 0.861. The van der Waals surface area contributed by atoms with Crippen LogP contribution >= 0.6 is 11.6 Å². The zero-order valence-corrected chi connectivity index (χ0v) is 12.5. The van der Waals surface area contributed by atoms with Crippen molar-refractivity contribution in [1.82, 2.24) is 4.90 Å². The SMILES string of the molecule is COC1CC(CC(=O)O)N(C(=O)Cc2ccc(Cl)cc2)C1. The zero-order chi connectivity index (χ0) is 15.4. The standard InChI is InChI=1S/C15H18ClNO4/c1-21-13-7-12(8-15(19)20)17(9-13)14(18)6-10-2-4-11(16)5-3-10/h2-5,12-13H,6-9H2,1H3,(H,19,20). The highest BCUT2D eigenvalue weighted by Crippen LogP contribution is 2.24. The molecule has 0 spiro atoms. The topological polar surface area (TPSA) is 66.8 Å². The summed E-state index contributed by atoms with van der Waals surface area (Å²) in [6.07, 6.45) is 0.661. The number of hydrogen-bond donors (Lipinski definition) is 1. The van der Waals surface area contributed by atoms with Gasteiger partial charge in [-0.05, 0) is 24.1 Å². The summed E-state index contributed by atoms with van der Waals surface area (Å²) in [6.45, 7) is 0.445. The third kappa shape index (κ3) is 4.19. The maximum absolute atomic E-state index is 12.4. The van der Waals surface area contributed by atoms with Crippen molar-refractivity contribution in [3.63, 3.8) is 0 Å². The van der Waals surface area contributed by atoms with Gasteiger partial charge in [0.2, 0.25) is 5.91 Å². The predicted octanol–water partition coefficient (Wildman–Crippen LogP) is 1.97. The summed E-state index contributed by atoms with van der Waals surface area (Å²) in [5.74, 6) is -0.982. The predicted molar refractivity (Wildman–Crippen MR) is 78.3 cm³/mol. The molecule has 1 N–H and O–H groups in total. The first-order chi connectivity index (χ1) is 9.99. The molecule has 2 atom stereocenters. The van der Waals surface area contributed by atoms with E-state index in [4.69, 9.17) is 21.4 Å². The molecule has 1 aliphatic rings. The average molecular weight is 312 g/mol. The van der Waals surface area contributed by atoms with E-state index in [0.717, 1.165) is 5.56 Å². The molecule has 5 nitrogen and oxygen atoms in total. The number of hydrogen-bond acceptors (Lipinski definition) is 3. The van der Waals surface area contributed by atoms with Crippen LogP contribution in [0.4, 0.5) is 0 Å². The molecule has 1 saturated heterocycles. The van der Waals surface area contributed by atoms with Gasteiger partial charge in [0.25, 0.3) is 0 Å². The highest BCUT2D eigenvalue weighted by Gasteiger charge is 2.36. The van der Waals surface area contributed by atoms with Gasteiger partial charge >= 0.3 is 5.97 Å². The summed E-state index contributed by atoms with van der Waals surface area (Å²) in [6, 6.07) is 6.78. The summed E-state index contributed by atoms with van der Waals surface area (Å²) in [4.78, 5) is 24.9. The number of methoxy groups -OCH3 is 1. The van der Waals surface area contributed by atoms with Crippen molar-refractivity contribution in [2.75, 3.05) is 13.7 Å². The highest BCUT2D eigenvalue weighted by atomic mass is 35.5. The Balaban J connectivity index is 2.04. The third-order valence-electron chi connectivity index (χ3n) is 3.71. The quantitative estimate of drug-likeness (QED) is 0.903. The number of carboxylic acids is 1. The molecule has 0 saturated carbocycles. The van der Waals surface area contributed by atoms with E-state index in [1.165, 1.54) is 0 Å². The van der Waals surface area contributed by atoms with Gasteiger partial charge in [0.05, 0.1) is 18.9 Å². The molecule has 6 heteroatoms. The number of nitrogens with zero attached hydrogens (tertiary/aromatic N) is 1. The summed E-state index contributed by atoms with van der Waals surface area (Å²) in [5, 5.41) is 9.58. The van der Waals surface area contributed by atoms with Gasteiger partial charge in [-0.3, -0.25) is 9.59 Å². The summed E-state index contributed by atoms with van der Waals surface area (Å²) in [7, 11) is 1.58. The Kier molecular flexibility index (Phi) is 5.20. The number of carbonyl (C=O) groups excluding carboxylic acids is 1. The first-order valence-electron chi connectivity index (χ1n) is 6.78. The fraction of sp³-hybridized carbons (Fsp3) is 0.467. The zero-order valence-electron chi connectivity index (χ0n) is 11.8. The molecular weight excluding hydrogens is 294 g/mol. The fourth-order valence-electron chi connectivity index (χ4n) is 2.62. The second-order valence-electron chi connectivity index (χ2n) is 5.19. The van der Waals surface area contributed by atoms with Crippen LogP contribution in [0.25, 0.3) is 0 Å². The van der Waals surface area contributed by atoms with Gasteiger partial charge in [0.1, 0.15) is 0 Å². The van der Waals surface area contributed by atoms with Crippen LogP contribution in [0, 0.1) is 0 Å². The van der Waals surface area contributed by atoms with E-state index in [1.54, 1.807) is 36.3 Å². The van der Waals surface area contributed by atoms with Crippen LogP contribution in [-0.2, 0) is 20.7 Å². The molecule has 1 fully saturated rings. The Morgan fingerprint density at radius 3 is 2.62 bits per heavy atom. The van der Waals surface area contributed by atoms with Crippen molar-refractivity contribution in [2.24, 2.45) is 0 Å². The van der Waals surface area contributed by atoms with E-state index in [2.05, 4.69) is 0 Å². The molecule has 2 unspecified atom stereocenters. The minimum absolute atomic E-state index is 0.0494. The van der Waals surface area contributed by atoms with Crippen molar-refractivity contribution < 1.29 is 19.4 Å². The minimum atomic E-state index is -0.902. The number of aliphatic carboxylic acids is 1. The van der Waals surface area contributed by atoms with Crippen LogP contribution in [0.1, 0.15) is 18.4 Å². The second-order valence-corrected chi connectivity index (χ2v) is 5.63. The lowest BCUT2D eigenvalue weighted by Gasteiger charge is -2.23. The van der Waals surface area contributed by atoms with Gasteiger partial charge < -0.3 is 14.7 Å². The molecule has 1 heterocycles. The Morgan fingerprint density at radius 2 is 2.05 bits per heavy atom. The lowest BCUT2D eigenvalue weighted by atomic mass is 10.1. The van der Waals surface area contributed by atoms with Gasteiger partial charge in [-0.1, -0.05) is 23.7 Å². The van der Waals surface area contributed by atoms with Crippen LogP contribution in [-0.4, -0.2) is 47.7 Å². The van der Waals surface area contributed by atoms with Crippen molar-refractivity contribution in [2.45, 2.75) is 31.4 Å². The van der Waals surface area contributed by atoms with Crippen molar-refractivity contribution >= 4 is 23.5 Å². The van der Waals surface area contributed by atoms with Crippen molar-refractivity contribution in [1.29, 1.82) is 0 Å². The maximum Gasteiger partial charge on any atom is 0.305 e. The van der Waals surface area contributed by atoms with E-state index in [0.29, 0.717) is 18.0 Å². The molecular formula is C15H18ClNO4. The number of amides is 1. The monoisotopic (exact) mass is 311 g/mol. The van der Waals surface area contributed by atoms with E-state index >= 15 is 0 Å². The number of carboxylic acid groups (broad SMARTS) is 1. The van der Waals surface area contributed by atoms with Crippen LogP contribution in [0.5, 0.6) is 0 Å². The maximum atomic E-state index is 12.4. The van der Waals surface area contributed by atoms with Gasteiger partial charge in [-0.2, -0.15) is 0 Å². The van der Waals surface area contributed by atoms with Gasteiger partial charge in [0.15, 0.2) is 0 Å². The Hall–Kier alpha value is -1.59. The molecule has 2 rings (SSSR count). The third-order valence-corrected chi connectivity index (χ3v) is 3.96. The highest BCUT2D eigenvalue weighted by molar-refractivity contribution is 6.30. The number of ether oxygens (including phenoxy) is 1. The molecule has 1 aliphatic heterocycles. The first kappa shape index (κ1) is 15.8. The van der Waals surface area contributed by atoms with E-state index < -0.39 is 5.97 Å². The van der Waals surface area contributed by atoms with Crippen LogP contribution in [0.15, 0.2) is 24.3 Å². The lowest BCUT2D eigenvalue weighted by Crippen LogP contribution is -2.38. The molecule has 21 heavy (non-hydrogen) atoms. The molecule has 0 bridgehead atoms. The molecule has 1 aromatic rings. The van der Waals surface area contributed by atoms with Crippen LogP contribution in [0.3, 0.4) is 0 Å². The smallest absolute Gasteiger partial charge is 0.305 e. The van der Waals surface area contributed by atoms with Gasteiger partial charge in [-0.25, -0.2) is 0 Å². The van der Waals surface area contributed by atoms with E-state index in [1.807, 2.05) is 0 Å². The number of likely N-dealkylation sites (tertiary alicyclic amines) is 1. The van der Waals surface area contributed by atoms with E-state index in [9.17, 15) is 9.59 Å². The normalized spacial score (nSPS) is 21.5. The summed E-state index contributed by atoms with van der Waals surface area (Å²) >= 11 is 5.82. The Labute approximate surface area is 128 Å². The van der Waals surface area contributed by atoms with Crippen molar-refractivity contribution in [3.8, 4) is 0 Å². The minimum Gasteiger partial charge on any atom is -0.481 e. The van der Waals surface area contributed by atoms with Gasteiger partial charge in [-0.15, -0.1) is 0 Å². The molecule has 0 aliphatic carbocycles. The number of halogens is 1. The number of carbonyl (C=O) groups is 2. The van der Waals surface area contributed by atoms with Crippen LogP contribution in [0.2, 0.25) is 5.02 Å². The van der Waals surface area contributed by atoms with E-state index in [-0.39, 0.29) is 30.9 Å². The lowest BCUT2D eigenvalue weighted by molar-refractivity contribution is -0.139. The Morgan fingerprint density at radius 1 is 1.38 bits per heavy atom. The average Bonchev–Trinajstić information content (AvgIpc) is 2.83. The second kappa shape index (κ2) is 6.91. The van der Waals surface area contributed by atoms with Crippen LogP contribution < -0.4 is 0 Å². The fourth-order valence-corrected chi connectivity index (χ4v) is 2.75. The number of benzene rings is 1. The molecule has 1 aromatic carbocycles. The number of rotatable bonds is 5. The van der Waals surface area contributed by atoms with Crippen molar-refractivity contribution in [3.05, 3.63) is 34.9 Å². The molecule has 0 radical (unpaired) electrons. The molecule has 0 aromatic heterocycles. The molecule has 114 valence electrons. The summed E-state index contributed by atoms with van der Waals surface area (Å²) < 4.78 is 5.27. The Bertz CT molecular complexity index is 517. The largest absolute Gasteiger partial charge is 0.481 e.